The minimum Gasteiger partial charge on any atom is -0.339 e. The molecule has 1 aromatic heterocycles. The third-order valence-electron chi connectivity index (χ3n) is 4.76. The predicted octanol–water partition coefficient (Wildman–Crippen LogP) is 4.63. The fourth-order valence-electron chi connectivity index (χ4n) is 3.06. The first-order chi connectivity index (χ1) is 14.8. The number of hydrogen-bond donors (Lipinski definition) is 1. The maximum atomic E-state index is 12.9. The molecule has 0 radical (unpaired) electrons. The second kappa shape index (κ2) is 9.03. The maximum absolute atomic E-state index is 12.9. The van der Waals surface area contributed by atoms with Gasteiger partial charge in [0.1, 0.15) is 11.4 Å². The number of aromatic nitrogens is 2. The van der Waals surface area contributed by atoms with E-state index in [1.54, 1.807) is 29.2 Å². The van der Waals surface area contributed by atoms with Gasteiger partial charge in [-0.25, -0.2) is 4.68 Å². The molecule has 0 saturated carbocycles. The van der Waals surface area contributed by atoms with Gasteiger partial charge in [-0.05, 0) is 50.2 Å². The molecule has 1 heterocycles. The van der Waals surface area contributed by atoms with Crippen molar-refractivity contribution in [2.24, 2.45) is 0 Å². The lowest BCUT2D eigenvalue weighted by molar-refractivity contribution is -0.137. The summed E-state index contributed by atoms with van der Waals surface area (Å²) in [6.45, 7) is 4.61. The van der Waals surface area contributed by atoms with Crippen molar-refractivity contribution in [2.45, 2.75) is 20.0 Å². The van der Waals surface area contributed by atoms with Crippen LogP contribution in [0, 0.1) is 0 Å². The Morgan fingerprint density at radius 2 is 1.61 bits per heavy atom. The van der Waals surface area contributed by atoms with Gasteiger partial charge in [0.05, 0.1) is 17.4 Å². The summed E-state index contributed by atoms with van der Waals surface area (Å²) in [4.78, 5) is 27.3. The van der Waals surface area contributed by atoms with Crippen molar-refractivity contribution in [1.82, 2.24) is 14.7 Å². The summed E-state index contributed by atoms with van der Waals surface area (Å²) in [5, 5.41) is 6.91. The van der Waals surface area contributed by atoms with E-state index in [1.165, 1.54) is 10.9 Å². The van der Waals surface area contributed by atoms with Gasteiger partial charge in [0.25, 0.3) is 11.8 Å². The number of nitrogens with zero attached hydrogens (tertiary/aromatic N) is 3. The Bertz CT molecular complexity index is 1060. The maximum Gasteiger partial charge on any atom is 0.416 e. The van der Waals surface area contributed by atoms with E-state index in [-0.39, 0.29) is 22.9 Å². The summed E-state index contributed by atoms with van der Waals surface area (Å²) >= 11 is 0. The number of hydrogen-bond acceptors (Lipinski definition) is 3. The molecule has 9 heteroatoms. The molecule has 3 aromatic rings. The molecule has 0 aliphatic heterocycles. The summed E-state index contributed by atoms with van der Waals surface area (Å²) in [6.07, 6.45) is -3.12. The van der Waals surface area contributed by atoms with Gasteiger partial charge < -0.3 is 10.2 Å². The lowest BCUT2D eigenvalue weighted by Gasteiger charge is -2.19. The largest absolute Gasteiger partial charge is 0.416 e. The molecule has 0 atom stereocenters. The smallest absolute Gasteiger partial charge is 0.339 e. The van der Waals surface area contributed by atoms with Crippen LogP contribution in [0.15, 0.2) is 60.8 Å². The van der Waals surface area contributed by atoms with E-state index in [0.29, 0.717) is 18.8 Å². The number of alkyl halides is 3. The van der Waals surface area contributed by atoms with Crippen LogP contribution in [0.3, 0.4) is 0 Å². The van der Waals surface area contributed by atoms with Crippen molar-refractivity contribution in [3.05, 3.63) is 77.5 Å². The number of nitrogens with one attached hydrogen (secondary N) is 1. The van der Waals surface area contributed by atoms with Crippen LogP contribution < -0.4 is 5.32 Å². The number of benzene rings is 2. The second-order valence-corrected chi connectivity index (χ2v) is 6.66. The van der Waals surface area contributed by atoms with Crippen molar-refractivity contribution in [3.63, 3.8) is 0 Å². The van der Waals surface area contributed by atoms with Gasteiger partial charge in [-0.15, -0.1) is 0 Å². The summed E-state index contributed by atoms with van der Waals surface area (Å²) < 4.78 is 39.8. The number of amides is 2. The minimum absolute atomic E-state index is 0.0232. The van der Waals surface area contributed by atoms with Gasteiger partial charge >= 0.3 is 6.18 Å². The van der Waals surface area contributed by atoms with Gasteiger partial charge in [0.15, 0.2) is 0 Å². The highest BCUT2D eigenvalue weighted by Crippen LogP contribution is 2.29. The first-order valence-electron chi connectivity index (χ1n) is 9.67. The van der Waals surface area contributed by atoms with Crippen LogP contribution in [0.25, 0.3) is 5.69 Å². The molecule has 0 aliphatic rings. The van der Waals surface area contributed by atoms with Crippen molar-refractivity contribution in [3.8, 4) is 5.69 Å². The first-order valence-corrected chi connectivity index (χ1v) is 9.67. The van der Waals surface area contributed by atoms with Gasteiger partial charge in [-0.2, -0.15) is 18.3 Å². The van der Waals surface area contributed by atoms with E-state index >= 15 is 0 Å². The van der Waals surface area contributed by atoms with E-state index < -0.39 is 17.6 Å². The zero-order valence-electron chi connectivity index (χ0n) is 17.0. The number of carbonyl (C=O) groups excluding carboxylic acids is 2. The average Bonchev–Trinajstić information content (AvgIpc) is 3.18. The van der Waals surface area contributed by atoms with Gasteiger partial charge in [0.2, 0.25) is 0 Å². The molecule has 162 valence electrons. The Labute approximate surface area is 177 Å². The van der Waals surface area contributed by atoms with E-state index in [0.717, 1.165) is 24.3 Å². The molecule has 0 unspecified atom stereocenters. The Balaban J connectivity index is 1.99. The van der Waals surface area contributed by atoms with E-state index in [4.69, 9.17) is 0 Å². The van der Waals surface area contributed by atoms with Gasteiger partial charge in [-0.1, -0.05) is 18.2 Å². The molecule has 0 aliphatic carbocycles. The number of halogens is 3. The standard InChI is InChI=1S/C22H21F3N4O2/c1-3-28(4-2)21(31)18-14-26-29(17-8-6-5-7-9-17)19(18)27-20(30)15-10-12-16(13-11-15)22(23,24)25/h5-14H,3-4H2,1-2H3,(H,27,30). The molecular weight excluding hydrogens is 409 g/mol. The highest BCUT2D eigenvalue weighted by atomic mass is 19.4. The fraction of sp³-hybridized carbons (Fsp3) is 0.227. The number of para-hydroxylation sites is 1. The van der Waals surface area contributed by atoms with Crippen molar-refractivity contribution < 1.29 is 22.8 Å². The molecule has 0 saturated heterocycles. The Kier molecular flexibility index (Phi) is 6.43. The Morgan fingerprint density at radius 3 is 2.16 bits per heavy atom. The molecule has 31 heavy (non-hydrogen) atoms. The molecule has 1 N–H and O–H groups in total. The lowest BCUT2D eigenvalue weighted by Crippen LogP contribution is -2.31. The lowest BCUT2D eigenvalue weighted by atomic mass is 10.1. The Hall–Kier alpha value is -3.62. The van der Waals surface area contributed by atoms with Gasteiger partial charge in [0, 0.05) is 18.7 Å². The highest BCUT2D eigenvalue weighted by Gasteiger charge is 2.30. The van der Waals surface area contributed by atoms with Crippen LogP contribution >= 0.6 is 0 Å². The van der Waals surface area contributed by atoms with Crippen LogP contribution in [-0.4, -0.2) is 39.6 Å². The van der Waals surface area contributed by atoms with E-state index in [1.807, 2.05) is 19.9 Å². The third-order valence-corrected chi connectivity index (χ3v) is 4.76. The normalized spacial score (nSPS) is 11.3. The van der Waals surface area contributed by atoms with Gasteiger partial charge in [-0.3, -0.25) is 9.59 Å². The highest BCUT2D eigenvalue weighted by molar-refractivity contribution is 6.08. The molecule has 3 rings (SSSR count). The summed E-state index contributed by atoms with van der Waals surface area (Å²) in [5.41, 5.74) is -0.0255. The van der Waals surface area contributed by atoms with Crippen LogP contribution in [0.5, 0.6) is 0 Å². The molecule has 0 fully saturated rings. The zero-order chi connectivity index (χ0) is 22.6. The number of carbonyl (C=O) groups is 2. The number of rotatable bonds is 6. The number of anilines is 1. The van der Waals surface area contributed by atoms with Crippen molar-refractivity contribution in [2.75, 3.05) is 18.4 Å². The predicted molar refractivity (Wildman–Crippen MR) is 110 cm³/mol. The van der Waals surface area contributed by atoms with Crippen LogP contribution in [-0.2, 0) is 6.18 Å². The molecule has 2 amide bonds. The Morgan fingerprint density at radius 1 is 1.00 bits per heavy atom. The molecule has 2 aromatic carbocycles. The van der Waals surface area contributed by atoms with E-state index in [2.05, 4.69) is 10.4 Å². The van der Waals surface area contributed by atoms with Crippen LogP contribution in [0.1, 0.15) is 40.1 Å². The molecule has 0 spiro atoms. The second-order valence-electron chi connectivity index (χ2n) is 6.66. The van der Waals surface area contributed by atoms with Crippen molar-refractivity contribution in [1.29, 1.82) is 0 Å². The molecule has 6 nitrogen and oxygen atoms in total. The molecular formula is C22H21F3N4O2. The summed E-state index contributed by atoms with van der Waals surface area (Å²) in [7, 11) is 0. The zero-order valence-corrected chi connectivity index (χ0v) is 17.0. The third kappa shape index (κ3) is 4.76. The van der Waals surface area contributed by atoms with Crippen LogP contribution in [0.4, 0.5) is 19.0 Å². The monoisotopic (exact) mass is 430 g/mol. The van der Waals surface area contributed by atoms with Crippen molar-refractivity contribution >= 4 is 17.6 Å². The summed E-state index contributed by atoms with van der Waals surface area (Å²) in [5.74, 6) is -0.817. The average molecular weight is 430 g/mol. The fourth-order valence-corrected chi connectivity index (χ4v) is 3.06. The van der Waals surface area contributed by atoms with Crippen LogP contribution in [0.2, 0.25) is 0 Å². The summed E-state index contributed by atoms with van der Waals surface area (Å²) in [6, 6.07) is 12.8. The topological polar surface area (TPSA) is 67.2 Å². The quantitative estimate of drug-likeness (QED) is 0.620. The molecule has 0 bridgehead atoms. The first kappa shape index (κ1) is 22.1. The minimum atomic E-state index is -4.50. The SMILES string of the molecule is CCN(CC)C(=O)c1cnn(-c2ccccc2)c1NC(=O)c1ccc(C(F)(F)F)cc1. The van der Waals surface area contributed by atoms with E-state index in [9.17, 15) is 22.8 Å².